The molecule has 0 radical (unpaired) electrons. The third-order valence-corrected chi connectivity index (χ3v) is 10.6. The molecule has 8 rings (SSSR count). The minimum Gasteiger partial charge on any atom is -0.456 e. The van der Waals surface area contributed by atoms with Crippen LogP contribution in [-0.4, -0.2) is 0 Å². The fourth-order valence-electron chi connectivity index (χ4n) is 8.13. The van der Waals surface area contributed by atoms with Gasteiger partial charge in [-0.15, -0.1) is 0 Å². The normalized spacial score (nSPS) is 12.8. The van der Waals surface area contributed by atoms with Crippen molar-refractivity contribution in [3.63, 3.8) is 0 Å². The molecule has 0 bridgehead atoms. The highest BCUT2D eigenvalue weighted by Gasteiger charge is 2.28. The highest BCUT2D eigenvalue weighted by molar-refractivity contribution is 6.11. The molecular formula is C50H48O. The molecule has 1 aromatic heterocycles. The van der Waals surface area contributed by atoms with Crippen molar-refractivity contribution in [2.45, 2.75) is 78.6 Å². The number of hydrogen-bond donors (Lipinski definition) is 0. The van der Waals surface area contributed by atoms with Crippen LogP contribution in [0.2, 0.25) is 0 Å². The maximum Gasteiger partial charge on any atom is 0.135 e. The topological polar surface area (TPSA) is 13.1 Å². The van der Waals surface area contributed by atoms with Crippen LogP contribution >= 0.6 is 0 Å². The second-order valence-corrected chi connectivity index (χ2v) is 17.5. The van der Waals surface area contributed by atoms with Crippen LogP contribution < -0.4 is 0 Å². The summed E-state index contributed by atoms with van der Waals surface area (Å²) in [5, 5.41) is 7.67. The fraction of sp³-hybridized carbons (Fsp3) is 0.240. The molecule has 0 atom stereocenters. The van der Waals surface area contributed by atoms with Gasteiger partial charge in [-0.3, -0.25) is 0 Å². The third-order valence-electron chi connectivity index (χ3n) is 10.6. The minimum atomic E-state index is -0.0635. The highest BCUT2D eigenvalue weighted by atomic mass is 16.3. The first-order valence-electron chi connectivity index (χ1n) is 18.3. The van der Waals surface area contributed by atoms with Gasteiger partial charge in [0.25, 0.3) is 0 Å². The summed E-state index contributed by atoms with van der Waals surface area (Å²) in [6, 6.07) is 47.3. The maximum absolute atomic E-state index is 6.37. The summed E-state index contributed by atoms with van der Waals surface area (Å²) >= 11 is 0. The summed E-state index contributed by atoms with van der Waals surface area (Å²) in [5.41, 5.74) is 13.3. The number of hydrogen-bond acceptors (Lipinski definition) is 1. The Hall–Kier alpha value is -5.14. The predicted molar refractivity (Wildman–Crippen MR) is 221 cm³/mol. The molecule has 0 amide bonds. The first-order chi connectivity index (χ1) is 24.2. The van der Waals surface area contributed by atoms with Crippen molar-refractivity contribution in [3.8, 4) is 33.4 Å². The van der Waals surface area contributed by atoms with E-state index in [2.05, 4.69) is 190 Å². The molecule has 1 heterocycles. The van der Waals surface area contributed by atoms with E-state index in [1.165, 1.54) is 71.6 Å². The SMILES string of the molecule is CC(C)(C)c1ccc(-c2ccc3oc4ccc(-c5ccc6c(C(C)(C)C)c7cc(-c8ccccc8)ccc7c(C(C)(C)C)c6c5)cc4c3c2)cc1. The Morgan fingerprint density at radius 1 is 0.314 bits per heavy atom. The summed E-state index contributed by atoms with van der Waals surface area (Å²) in [4.78, 5) is 0. The molecular weight excluding hydrogens is 617 g/mol. The van der Waals surface area contributed by atoms with Gasteiger partial charge in [0.05, 0.1) is 0 Å². The van der Waals surface area contributed by atoms with Crippen LogP contribution in [0.15, 0.2) is 132 Å². The van der Waals surface area contributed by atoms with Gasteiger partial charge in [0.1, 0.15) is 11.2 Å². The summed E-state index contributed by atoms with van der Waals surface area (Å²) in [6.07, 6.45) is 0. The average Bonchev–Trinajstić information content (AvgIpc) is 3.46. The largest absolute Gasteiger partial charge is 0.456 e. The van der Waals surface area contributed by atoms with Crippen LogP contribution in [0.25, 0.3) is 76.9 Å². The van der Waals surface area contributed by atoms with E-state index in [4.69, 9.17) is 4.42 Å². The molecule has 0 spiro atoms. The Labute approximate surface area is 303 Å². The molecule has 8 aromatic rings. The van der Waals surface area contributed by atoms with Crippen LogP contribution in [0.1, 0.15) is 79.0 Å². The first-order valence-corrected chi connectivity index (χ1v) is 18.3. The number of furan rings is 1. The van der Waals surface area contributed by atoms with Gasteiger partial charge in [0.15, 0.2) is 0 Å². The van der Waals surface area contributed by atoms with E-state index in [-0.39, 0.29) is 16.2 Å². The summed E-state index contributed by atoms with van der Waals surface area (Å²) in [5.74, 6) is 0. The summed E-state index contributed by atoms with van der Waals surface area (Å²) < 4.78 is 6.37. The smallest absolute Gasteiger partial charge is 0.135 e. The molecule has 51 heavy (non-hydrogen) atoms. The molecule has 1 nitrogen and oxygen atoms in total. The van der Waals surface area contributed by atoms with Gasteiger partial charge in [-0.05, 0) is 124 Å². The summed E-state index contributed by atoms with van der Waals surface area (Å²) in [7, 11) is 0. The van der Waals surface area contributed by atoms with Crippen molar-refractivity contribution in [2.75, 3.05) is 0 Å². The maximum atomic E-state index is 6.37. The van der Waals surface area contributed by atoms with Gasteiger partial charge < -0.3 is 4.42 Å². The molecule has 0 aliphatic rings. The van der Waals surface area contributed by atoms with Gasteiger partial charge in [-0.25, -0.2) is 0 Å². The van der Waals surface area contributed by atoms with Gasteiger partial charge in [0.2, 0.25) is 0 Å². The molecule has 0 fully saturated rings. The van der Waals surface area contributed by atoms with E-state index in [1.807, 2.05) is 0 Å². The van der Waals surface area contributed by atoms with Crippen LogP contribution in [0.5, 0.6) is 0 Å². The molecule has 0 aliphatic carbocycles. The molecule has 0 aliphatic heterocycles. The van der Waals surface area contributed by atoms with E-state index in [0.29, 0.717) is 0 Å². The Morgan fingerprint density at radius 3 is 1.12 bits per heavy atom. The second-order valence-electron chi connectivity index (χ2n) is 17.5. The van der Waals surface area contributed by atoms with Crippen molar-refractivity contribution < 1.29 is 4.42 Å². The summed E-state index contributed by atoms with van der Waals surface area (Å²) in [6.45, 7) is 20.9. The van der Waals surface area contributed by atoms with E-state index in [1.54, 1.807) is 0 Å². The number of fused-ring (bicyclic) bond motifs is 5. The van der Waals surface area contributed by atoms with Crippen molar-refractivity contribution >= 4 is 43.5 Å². The minimum absolute atomic E-state index is 0.0524. The quantitative estimate of drug-likeness (QED) is 0.171. The van der Waals surface area contributed by atoms with E-state index in [0.717, 1.165) is 21.9 Å². The van der Waals surface area contributed by atoms with Crippen LogP contribution in [-0.2, 0) is 16.2 Å². The van der Waals surface area contributed by atoms with Crippen LogP contribution in [0.4, 0.5) is 0 Å². The lowest BCUT2D eigenvalue weighted by molar-refractivity contribution is 0.590. The lowest BCUT2D eigenvalue weighted by atomic mass is 9.73. The predicted octanol–water partition coefficient (Wildman–Crippen LogP) is 14.8. The second kappa shape index (κ2) is 11.7. The van der Waals surface area contributed by atoms with Crippen molar-refractivity contribution in [1.29, 1.82) is 0 Å². The Bertz CT molecular complexity index is 2590. The molecule has 0 unspecified atom stereocenters. The molecule has 0 N–H and O–H groups in total. The molecule has 254 valence electrons. The zero-order valence-electron chi connectivity index (χ0n) is 31.5. The molecule has 0 saturated heterocycles. The fourth-order valence-corrected chi connectivity index (χ4v) is 8.13. The zero-order chi connectivity index (χ0) is 35.9. The van der Waals surface area contributed by atoms with Crippen LogP contribution in [0, 0.1) is 0 Å². The zero-order valence-corrected chi connectivity index (χ0v) is 31.5. The number of benzene rings is 7. The van der Waals surface area contributed by atoms with E-state index >= 15 is 0 Å². The van der Waals surface area contributed by atoms with E-state index < -0.39 is 0 Å². The monoisotopic (exact) mass is 664 g/mol. The number of rotatable bonds is 3. The Morgan fingerprint density at radius 2 is 0.686 bits per heavy atom. The standard InChI is InChI=1S/C50H48O/c1-48(2,3)37-21-15-32(16-22-37)34-19-25-44-40(27-34)41-28-36(20-26-45(41)51-44)35-18-24-39-43(30-35)47(50(7,8)9)38-23-17-33(31-13-11-10-12-14-31)29-42(38)46(39)49(4,5)6/h10-30H,1-9H3. The van der Waals surface area contributed by atoms with Crippen LogP contribution in [0.3, 0.4) is 0 Å². The van der Waals surface area contributed by atoms with Gasteiger partial charge in [0, 0.05) is 10.8 Å². The highest BCUT2D eigenvalue weighted by Crippen LogP contribution is 2.46. The van der Waals surface area contributed by atoms with Crippen molar-refractivity contribution in [1.82, 2.24) is 0 Å². The first kappa shape index (κ1) is 33.0. The van der Waals surface area contributed by atoms with Gasteiger partial charge >= 0.3 is 0 Å². The third kappa shape index (κ3) is 5.83. The Kier molecular flexibility index (Phi) is 7.58. The van der Waals surface area contributed by atoms with Gasteiger partial charge in [-0.2, -0.15) is 0 Å². The lowest BCUT2D eigenvalue weighted by Crippen LogP contribution is -2.17. The molecule has 1 heteroatoms. The van der Waals surface area contributed by atoms with Gasteiger partial charge in [-0.1, -0.05) is 153 Å². The molecule has 0 saturated carbocycles. The Balaban J connectivity index is 1.31. The van der Waals surface area contributed by atoms with Crippen molar-refractivity contribution in [3.05, 3.63) is 144 Å². The van der Waals surface area contributed by atoms with Crippen molar-refractivity contribution in [2.24, 2.45) is 0 Å². The average molecular weight is 665 g/mol. The van der Waals surface area contributed by atoms with E-state index in [9.17, 15) is 0 Å². The lowest BCUT2D eigenvalue weighted by Gasteiger charge is -2.31. The molecule has 7 aromatic carbocycles.